The molecule has 4 heterocycles. The number of nitrogens with zero attached hydrogens (tertiary/aromatic N) is 1. The van der Waals surface area contributed by atoms with Crippen molar-refractivity contribution in [2.45, 2.75) is 82.3 Å². The zero-order valence-electron chi connectivity index (χ0n) is 21.7. The lowest BCUT2D eigenvalue weighted by Gasteiger charge is -2.50. The second-order valence-corrected chi connectivity index (χ2v) is 10.9. The first-order valence-electron chi connectivity index (χ1n) is 12.7. The van der Waals surface area contributed by atoms with Crippen LogP contribution in [-0.4, -0.2) is 87.3 Å². The summed E-state index contributed by atoms with van der Waals surface area (Å²) in [7, 11) is 1.34. The number of rotatable bonds is 2. The highest BCUT2D eigenvalue weighted by molar-refractivity contribution is 6.24. The number of Topliss-reactive ketones (excluding diaryl/α,β-unsaturated/α-hetero) is 1. The van der Waals surface area contributed by atoms with Gasteiger partial charge in [-0.05, 0) is 44.9 Å². The van der Waals surface area contributed by atoms with E-state index in [0.717, 1.165) is 11.8 Å². The van der Waals surface area contributed by atoms with E-state index in [1.165, 1.54) is 7.11 Å². The molecule has 1 aliphatic carbocycles. The summed E-state index contributed by atoms with van der Waals surface area (Å²) in [4.78, 5) is 29.4. The predicted molar refractivity (Wildman–Crippen MR) is 131 cm³/mol. The van der Waals surface area contributed by atoms with Crippen molar-refractivity contribution in [3.05, 3.63) is 50.3 Å². The lowest BCUT2D eigenvalue weighted by molar-refractivity contribution is -0.310. The molecule has 38 heavy (non-hydrogen) atoms. The molecule has 1 aromatic rings. The van der Waals surface area contributed by atoms with Crippen molar-refractivity contribution in [3.8, 4) is 11.5 Å². The minimum absolute atomic E-state index is 0.0448. The van der Waals surface area contributed by atoms with Crippen LogP contribution in [0.2, 0.25) is 0 Å². The summed E-state index contributed by atoms with van der Waals surface area (Å²) in [5.74, 6) is -2.75. The molecule has 0 bridgehead atoms. The van der Waals surface area contributed by atoms with E-state index in [-0.39, 0.29) is 23.4 Å². The Balaban J connectivity index is 1.56. The van der Waals surface area contributed by atoms with Crippen LogP contribution >= 0.6 is 0 Å². The molecule has 0 spiro atoms. The van der Waals surface area contributed by atoms with Gasteiger partial charge >= 0.3 is 0 Å². The second-order valence-electron chi connectivity index (χ2n) is 10.9. The Bertz CT molecular complexity index is 1380. The van der Waals surface area contributed by atoms with Gasteiger partial charge in [0.15, 0.2) is 34.1 Å². The van der Waals surface area contributed by atoms with Gasteiger partial charge in [-0.1, -0.05) is 6.92 Å². The van der Waals surface area contributed by atoms with E-state index in [9.17, 15) is 30.0 Å². The van der Waals surface area contributed by atoms with Gasteiger partial charge in [0.1, 0.15) is 12.2 Å². The number of morpholine rings is 1. The first-order chi connectivity index (χ1) is 17.9. The van der Waals surface area contributed by atoms with Gasteiger partial charge in [-0.25, -0.2) is 0 Å². The molecule has 4 aliphatic heterocycles. The van der Waals surface area contributed by atoms with Gasteiger partial charge < -0.3 is 44.3 Å². The zero-order valence-corrected chi connectivity index (χ0v) is 21.7. The number of hydrogen-bond donors (Lipinski definition) is 4. The molecule has 5 aliphatic rings. The van der Waals surface area contributed by atoms with E-state index in [4.69, 9.17) is 18.9 Å². The molecule has 4 N–H and O–H groups in total. The topological polar surface area (TPSA) is 155 Å². The number of allylic oxidation sites excluding steroid dienone is 3. The number of carbonyl (C=O) groups excluding carboxylic acids is 1. The Morgan fingerprint density at radius 1 is 1.26 bits per heavy atom. The highest BCUT2D eigenvalue weighted by atomic mass is 16.7. The standard InChI is InChI=1S/C27H31NO10/c1-6-15-19-17-12(7-10(2)28(19)9-26(4,33)38-15)16-13(20(17)30)8-14(29)18-23(21(16)31)37-25-27(18,34)24(32)22(35-5)11(3)36-25/h7-8,11,15,19,22,24-25,31-34H,6,9H2,1-5H3/t11-,15-,19?,22-,24-,25+,26-,27-/m1/s1. The van der Waals surface area contributed by atoms with Crippen LogP contribution in [0.3, 0.4) is 0 Å². The Hall–Kier alpha value is -2.80. The van der Waals surface area contributed by atoms with Crippen molar-refractivity contribution in [3.63, 3.8) is 0 Å². The Kier molecular flexibility index (Phi) is 5.43. The molecule has 0 saturated carbocycles. The highest BCUT2D eigenvalue weighted by Gasteiger charge is 2.63. The van der Waals surface area contributed by atoms with E-state index in [1.54, 1.807) is 19.9 Å². The number of fused-ring (bicyclic) bond motifs is 7. The molecule has 1 unspecified atom stereocenters. The summed E-state index contributed by atoms with van der Waals surface area (Å²) >= 11 is 0. The molecule has 6 rings (SSSR count). The fraction of sp³-hybridized carbons (Fsp3) is 0.556. The van der Waals surface area contributed by atoms with Crippen LogP contribution in [0.1, 0.15) is 55.6 Å². The van der Waals surface area contributed by atoms with Gasteiger partial charge in [-0.3, -0.25) is 9.59 Å². The molecule has 0 aromatic heterocycles. The largest absolute Gasteiger partial charge is 0.504 e. The van der Waals surface area contributed by atoms with E-state index in [2.05, 4.69) is 0 Å². The predicted octanol–water partition coefficient (Wildman–Crippen LogP) is 0.508. The maximum Gasteiger partial charge on any atom is 0.236 e. The lowest BCUT2D eigenvalue weighted by atomic mass is 9.82. The van der Waals surface area contributed by atoms with Crippen LogP contribution < -0.4 is 10.2 Å². The quantitative estimate of drug-likeness (QED) is 0.423. The van der Waals surface area contributed by atoms with Crippen LogP contribution in [-0.2, 0) is 19.8 Å². The van der Waals surface area contributed by atoms with Crippen LogP contribution in [0.5, 0.6) is 11.5 Å². The molecular weight excluding hydrogens is 498 g/mol. The summed E-state index contributed by atoms with van der Waals surface area (Å²) in [6, 6.07) is 0.521. The fourth-order valence-electron chi connectivity index (χ4n) is 6.70. The third kappa shape index (κ3) is 3.11. The van der Waals surface area contributed by atoms with Crippen molar-refractivity contribution in [2.75, 3.05) is 13.7 Å². The van der Waals surface area contributed by atoms with E-state index >= 15 is 0 Å². The summed E-state index contributed by atoms with van der Waals surface area (Å²) in [5, 5.41) is 44.9. The monoisotopic (exact) mass is 529 g/mol. The third-order valence-electron chi connectivity index (χ3n) is 8.40. The van der Waals surface area contributed by atoms with Crippen molar-refractivity contribution in [1.82, 2.24) is 4.90 Å². The summed E-state index contributed by atoms with van der Waals surface area (Å²) in [6.45, 7) is 7.05. The lowest BCUT2D eigenvalue weighted by Crippen LogP contribution is -2.63. The van der Waals surface area contributed by atoms with Gasteiger partial charge in [0.05, 0.1) is 30.4 Å². The number of ether oxygens (including phenoxy) is 4. The van der Waals surface area contributed by atoms with Gasteiger partial charge in [-0.15, -0.1) is 0 Å². The van der Waals surface area contributed by atoms with Gasteiger partial charge in [0.2, 0.25) is 6.29 Å². The van der Waals surface area contributed by atoms with Crippen LogP contribution in [0.25, 0.3) is 5.57 Å². The molecule has 0 radical (unpaired) electrons. The SMILES string of the molecule is CC[C@H]1O[C@@](C)(O)CN2C(C)=CC3=C(C(=O)c4cc(=O)c5c(c(O)c43)O[C@@H]3O[C@H](C)[C@@H](OC)[C@@H](O)[C@]53O)C12. The minimum Gasteiger partial charge on any atom is -0.504 e. The third-order valence-corrected chi connectivity index (χ3v) is 8.40. The van der Waals surface area contributed by atoms with Crippen LogP contribution in [0, 0.1) is 0 Å². The number of aliphatic hydroxyl groups excluding tert-OH is 1. The molecular formula is C27H31NO10. The van der Waals surface area contributed by atoms with Crippen molar-refractivity contribution in [2.24, 2.45) is 0 Å². The summed E-state index contributed by atoms with van der Waals surface area (Å²) in [5.41, 5.74) is -1.97. The molecule has 204 valence electrons. The van der Waals surface area contributed by atoms with Crippen LogP contribution in [0.15, 0.2) is 28.2 Å². The molecule has 2 fully saturated rings. The molecule has 1 aromatic carbocycles. The van der Waals surface area contributed by atoms with E-state index in [1.807, 2.05) is 18.7 Å². The van der Waals surface area contributed by atoms with Crippen molar-refractivity contribution in [1.29, 1.82) is 0 Å². The number of carbonyl (C=O) groups is 1. The maximum atomic E-state index is 13.9. The Labute approximate surface area is 218 Å². The van der Waals surface area contributed by atoms with Gasteiger partial charge in [-0.2, -0.15) is 0 Å². The van der Waals surface area contributed by atoms with E-state index < -0.39 is 70.7 Å². The number of aliphatic hydroxyl groups is 3. The molecule has 11 heteroatoms. The highest BCUT2D eigenvalue weighted by Crippen LogP contribution is 2.55. The van der Waals surface area contributed by atoms with Crippen molar-refractivity contribution >= 4 is 11.4 Å². The Morgan fingerprint density at radius 3 is 2.63 bits per heavy atom. The number of aromatic hydroxyl groups is 1. The van der Waals surface area contributed by atoms with E-state index in [0.29, 0.717) is 17.6 Å². The summed E-state index contributed by atoms with van der Waals surface area (Å²) in [6.07, 6.45) is -3.06. The second kappa shape index (κ2) is 8.10. The first-order valence-corrected chi connectivity index (χ1v) is 12.7. The minimum atomic E-state index is -2.34. The van der Waals surface area contributed by atoms with Crippen LogP contribution in [0.4, 0.5) is 0 Å². The van der Waals surface area contributed by atoms with Crippen molar-refractivity contribution < 1.29 is 44.2 Å². The summed E-state index contributed by atoms with van der Waals surface area (Å²) < 4.78 is 22.8. The maximum absolute atomic E-state index is 13.9. The van der Waals surface area contributed by atoms with Gasteiger partial charge in [0, 0.05) is 29.5 Å². The molecule has 2 saturated heterocycles. The normalized spacial score (nSPS) is 39.1. The molecule has 0 amide bonds. The zero-order chi connectivity index (χ0) is 27.5. The smallest absolute Gasteiger partial charge is 0.236 e. The number of methoxy groups -OCH3 is 1. The molecule has 8 atom stereocenters. The molecule has 11 nitrogen and oxygen atoms in total. The average Bonchev–Trinajstić information content (AvgIpc) is 3.25. The Morgan fingerprint density at radius 2 is 1.97 bits per heavy atom. The number of ketones is 1. The fourth-order valence-corrected chi connectivity index (χ4v) is 6.70. The first kappa shape index (κ1) is 25.5. The average molecular weight is 530 g/mol. The number of hydrogen-bond acceptors (Lipinski definition) is 11. The van der Waals surface area contributed by atoms with Gasteiger partial charge in [0.25, 0.3) is 0 Å².